The van der Waals surface area contributed by atoms with Crippen molar-refractivity contribution < 1.29 is 14.3 Å². The monoisotopic (exact) mass is 534 g/mol. The van der Waals surface area contributed by atoms with Crippen molar-refractivity contribution in [3.05, 3.63) is 62.6 Å². The van der Waals surface area contributed by atoms with Gasteiger partial charge in [-0.1, -0.05) is 59.4 Å². The van der Waals surface area contributed by atoms with E-state index in [1.807, 2.05) is 45.0 Å². The maximum atomic E-state index is 13.4. The summed E-state index contributed by atoms with van der Waals surface area (Å²) in [6, 6.07) is 10.8. The van der Waals surface area contributed by atoms with Gasteiger partial charge in [0.1, 0.15) is 11.8 Å². The molecular formula is C26H32BrClN2O3. The van der Waals surface area contributed by atoms with Crippen molar-refractivity contribution in [2.45, 2.75) is 71.5 Å². The summed E-state index contributed by atoms with van der Waals surface area (Å²) in [4.78, 5) is 28.1. The lowest BCUT2D eigenvalue weighted by atomic mass is 10.1. The highest BCUT2D eigenvalue weighted by Gasteiger charge is 2.30. The molecule has 0 heterocycles. The van der Waals surface area contributed by atoms with Crippen LogP contribution in [0.1, 0.15) is 55.7 Å². The quantitative estimate of drug-likeness (QED) is 0.431. The lowest BCUT2D eigenvalue weighted by Crippen LogP contribution is -2.52. The van der Waals surface area contributed by atoms with Crippen LogP contribution in [0.2, 0.25) is 5.02 Å². The van der Waals surface area contributed by atoms with Gasteiger partial charge in [0.15, 0.2) is 6.61 Å². The van der Waals surface area contributed by atoms with Crippen LogP contribution in [0.4, 0.5) is 0 Å². The molecule has 2 aromatic carbocycles. The van der Waals surface area contributed by atoms with E-state index >= 15 is 0 Å². The highest BCUT2D eigenvalue weighted by atomic mass is 79.9. The van der Waals surface area contributed by atoms with Gasteiger partial charge in [-0.15, -0.1) is 0 Å². The number of hydrogen-bond acceptors (Lipinski definition) is 3. The lowest BCUT2D eigenvalue weighted by molar-refractivity contribution is -0.143. The second-order valence-electron chi connectivity index (χ2n) is 8.72. The first-order valence-electron chi connectivity index (χ1n) is 11.5. The van der Waals surface area contributed by atoms with Gasteiger partial charge in [0.05, 0.1) is 0 Å². The van der Waals surface area contributed by atoms with Crippen molar-refractivity contribution in [2.75, 3.05) is 6.61 Å². The third kappa shape index (κ3) is 6.97. The van der Waals surface area contributed by atoms with E-state index in [1.54, 1.807) is 17.0 Å². The van der Waals surface area contributed by atoms with Gasteiger partial charge in [0.2, 0.25) is 5.91 Å². The molecule has 0 bridgehead atoms. The Balaban J connectivity index is 1.77. The Bertz CT molecular complexity index is 951. The molecule has 0 radical (unpaired) electrons. The molecule has 0 spiro atoms. The van der Waals surface area contributed by atoms with Gasteiger partial charge < -0.3 is 15.0 Å². The summed E-state index contributed by atoms with van der Waals surface area (Å²) in [7, 11) is 0. The van der Waals surface area contributed by atoms with Gasteiger partial charge >= 0.3 is 0 Å². The van der Waals surface area contributed by atoms with Crippen molar-refractivity contribution in [3.63, 3.8) is 0 Å². The number of nitrogens with one attached hydrogen (secondary N) is 1. The summed E-state index contributed by atoms with van der Waals surface area (Å²) in [5, 5.41) is 3.79. The normalized spacial score (nSPS) is 14.7. The molecule has 0 aliphatic heterocycles. The number of benzene rings is 2. The van der Waals surface area contributed by atoms with Crippen LogP contribution in [-0.2, 0) is 16.1 Å². The predicted octanol–water partition coefficient (Wildman–Crippen LogP) is 5.96. The molecule has 2 aromatic rings. The molecule has 1 fully saturated rings. The summed E-state index contributed by atoms with van der Waals surface area (Å²) in [6.07, 6.45) is 4.79. The first-order chi connectivity index (χ1) is 15.8. The van der Waals surface area contributed by atoms with E-state index < -0.39 is 6.04 Å². The molecule has 7 heteroatoms. The number of carbonyl (C=O) groups excluding carboxylic acids is 2. The molecule has 1 saturated carbocycles. The molecule has 2 amide bonds. The van der Waals surface area contributed by atoms with Crippen molar-refractivity contribution in [1.82, 2.24) is 10.2 Å². The minimum Gasteiger partial charge on any atom is -0.484 e. The van der Waals surface area contributed by atoms with Crippen LogP contribution in [0.5, 0.6) is 5.75 Å². The third-order valence-corrected chi connectivity index (χ3v) is 7.63. The predicted molar refractivity (Wildman–Crippen MR) is 136 cm³/mol. The van der Waals surface area contributed by atoms with Crippen molar-refractivity contribution in [2.24, 2.45) is 0 Å². The van der Waals surface area contributed by atoms with Gasteiger partial charge in [0.25, 0.3) is 5.91 Å². The molecule has 0 aromatic heterocycles. The van der Waals surface area contributed by atoms with Crippen LogP contribution in [-0.4, -0.2) is 35.4 Å². The van der Waals surface area contributed by atoms with Gasteiger partial charge in [-0.2, -0.15) is 0 Å². The van der Waals surface area contributed by atoms with E-state index in [0.717, 1.165) is 46.8 Å². The zero-order chi connectivity index (χ0) is 24.0. The summed E-state index contributed by atoms with van der Waals surface area (Å²) in [5.41, 5.74) is 2.99. The van der Waals surface area contributed by atoms with Crippen molar-refractivity contribution in [3.8, 4) is 5.75 Å². The first kappa shape index (κ1) is 25.6. The van der Waals surface area contributed by atoms with E-state index in [0.29, 0.717) is 23.7 Å². The van der Waals surface area contributed by atoms with Gasteiger partial charge in [-0.25, -0.2) is 0 Å². The van der Waals surface area contributed by atoms with Gasteiger partial charge in [0, 0.05) is 22.1 Å². The average molecular weight is 536 g/mol. The van der Waals surface area contributed by atoms with E-state index in [1.165, 1.54) is 0 Å². The number of carbonyl (C=O) groups is 2. The van der Waals surface area contributed by atoms with Gasteiger partial charge in [-0.05, 0) is 74.1 Å². The Morgan fingerprint density at radius 2 is 1.76 bits per heavy atom. The second-order valence-corrected chi connectivity index (χ2v) is 9.95. The molecule has 1 atom stereocenters. The van der Waals surface area contributed by atoms with Crippen molar-refractivity contribution >= 4 is 39.3 Å². The standard InChI is InChI=1S/C26H32BrClN2O3/c1-4-23(26(32)29-21-7-5-6-8-21)30(15-19-9-11-20(28)12-10-19)24(31)16-33-22-13-17(2)25(27)18(3)14-22/h9-14,21,23H,4-8,15-16H2,1-3H3,(H,29,32). The first-order valence-corrected chi connectivity index (χ1v) is 12.7. The number of nitrogens with zero attached hydrogens (tertiary/aromatic N) is 1. The maximum absolute atomic E-state index is 13.4. The Morgan fingerprint density at radius 3 is 2.33 bits per heavy atom. The third-order valence-electron chi connectivity index (χ3n) is 6.13. The molecule has 1 aliphatic rings. The Morgan fingerprint density at radius 1 is 1.15 bits per heavy atom. The summed E-state index contributed by atoms with van der Waals surface area (Å²) in [5.74, 6) is 0.315. The minimum absolute atomic E-state index is 0.0953. The largest absolute Gasteiger partial charge is 0.484 e. The molecule has 33 heavy (non-hydrogen) atoms. The number of rotatable bonds is 9. The van der Waals surface area contributed by atoms with Gasteiger partial charge in [-0.3, -0.25) is 9.59 Å². The molecule has 1 N–H and O–H groups in total. The Hall–Kier alpha value is -2.05. The SMILES string of the molecule is CCC(C(=O)NC1CCCC1)N(Cc1ccc(Cl)cc1)C(=O)COc1cc(C)c(Br)c(C)c1. The number of amides is 2. The van der Waals surface area contributed by atoms with Crippen LogP contribution >= 0.6 is 27.5 Å². The number of halogens is 2. The van der Waals surface area contributed by atoms with Crippen LogP contribution in [0.25, 0.3) is 0 Å². The van der Waals surface area contributed by atoms with E-state index in [-0.39, 0.29) is 24.5 Å². The minimum atomic E-state index is -0.564. The average Bonchev–Trinajstić information content (AvgIpc) is 3.29. The molecular weight excluding hydrogens is 504 g/mol. The molecule has 5 nitrogen and oxygen atoms in total. The molecule has 3 rings (SSSR count). The smallest absolute Gasteiger partial charge is 0.261 e. The lowest BCUT2D eigenvalue weighted by Gasteiger charge is -2.31. The van der Waals surface area contributed by atoms with Crippen LogP contribution < -0.4 is 10.1 Å². The van der Waals surface area contributed by atoms with E-state index in [4.69, 9.17) is 16.3 Å². The van der Waals surface area contributed by atoms with E-state index in [2.05, 4.69) is 21.2 Å². The molecule has 178 valence electrons. The maximum Gasteiger partial charge on any atom is 0.261 e. The zero-order valence-electron chi connectivity index (χ0n) is 19.5. The van der Waals surface area contributed by atoms with Crippen molar-refractivity contribution in [1.29, 1.82) is 0 Å². The summed E-state index contributed by atoms with van der Waals surface area (Å²) >= 11 is 9.59. The van der Waals surface area contributed by atoms with Crippen LogP contribution in [0.15, 0.2) is 40.9 Å². The second kappa shape index (κ2) is 11.9. The summed E-state index contributed by atoms with van der Waals surface area (Å²) in [6.45, 7) is 6.08. The Kier molecular flexibility index (Phi) is 9.21. The fourth-order valence-corrected chi connectivity index (χ4v) is 4.65. The number of aryl methyl sites for hydroxylation is 2. The fourth-order valence-electron chi connectivity index (χ4n) is 4.29. The van der Waals surface area contributed by atoms with Crippen LogP contribution in [0, 0.1) is 13.8 Å². The number of hydrogen-bond donors (Lipinski definition) is 1. The summed E-state index contributed by atoms with van der Waals surface area (Å²) < 4.78 is 6.89. The highest BCUT2D eigenvalue weighted by Crippen LogP contribution is 2.26. The Labute approximate surface area is 210 Å². The number of ether oxygens (including phenoxy) is 1. The van der Waals surface area contributed by atoms with E-state index in [9.17, 15) is 9.59 Å². The molecule has 1 aliphatic carbocycles. The fraction of sp³-hybridized carbons (Fsp3) is 0.462. The molecule has 1 unspecified atom stereocenters. The zero-order valence-corrected chi connectivity index (χ0v) is 21.8. The topological polar surface area (TPSA) is 58.6 Å². The van der Waals surface area contributed by atoms with Crippen LogP contribution in [0.3, 0.4) is 0 Å². The molecule has 0 saturated heterocycles. The highest BCUT2D eigenvalue weighted by molar-refractivity contribution is 9.10.